The highest BCUT2D eigenvalue weighted by Crippen LogP contribution is 2.67. The average molecular weight is 603 g/mol. The summed E-state index contributed by atoms with van der Waals surface area (Å²) in [6, 6.07) is 3.56. The molecule has 0 aliphatic heterocycles. The Morgan fingerprint density at radius 1 is 0.932 bits per heavy atom. The van der Waals surface area contributed by atoms with Crippen LogP contribution in [0.25, 0.3) is 0 Å². The second kappa shape index (κ2) is 12.7. The molecule has 4 atom stereocenters. The third-order valence-electron chi connectivity index (χ3n) is 10.0. The normalized spacial score (nSPS) is 24.8. The monoisotopic (exact) mass is 602 g/mol. The number of ketones is 3. The lowest BCUT2D eigenvalue weighted by Gasteiger charge is -2.60. The molecule has 0 amide bonds. The van der Waals surface area contributed by atoms with Crippen molar-refractivity contribution >= 4 is 17.3 Å². The number of carbonyl (C=O) groups is 3. The molecule has 1 fully saturated rings. The van der Waals surface area contributed by atoms with Gasteiger partial charge < -0.3 is 15.3 Å². The number of phenols is 2. The summed E-state index contributed by atoms with van der Waals surface area (Å²) in [5.74, 6) is -3.57. The fourth-order valence-electron chi connectivity index (χ4n) is 7.09. The van der Waals surface area contributed by atoms with Crippen molar-refractivity contribution in [3.05, 3.63) is 82.2 Å². The third kappa shape index (κ3) is 6.00. The van der Waals surface area contributed by atoms with E-state index in [1.165, 1.54) is 12.1 Å². The Balaban J connectivity index is 2.46. The maximum atomic E-state index is 15.2. The molecule has 0 radical (unpaired) electrons. The van der Waals surface area contributed by atoms with Gasteiger partial charge in [-0.25, -0.2) is 0 Å². The lowest BCUT2D eigenvalue weighted by molar-refractivity contribution is -0.172. The first kappa shape index (κ1) is 34.8. The quantitative estimate of drug-likeness (QED) is 0.0766. The van der Waals surface area contributed by atoms with E-state index in [2.05, 4.69) is 18.7 Å². The Morgan fingerprint density at radius 3 is 2.05 bits per heavy atom. The van der Waals surface area contributed by atoms with Crippen LogP contribution in [0.1, 0.15) is 105 Å². The molecule has 44 heavy (non-hydrogen) atoms. The summed E-state index contributed by atoms with van der Waals surface area (Å²) in [6.45, 7) is 21.9. The van der Waals surface area contributed by atoms with E-state index in [9.17, 15) is 24.9 Å². The van der Waals surface area contributed by atoms with Crippen molar-refractivity contribution in [3.8, 4) is 11.5 Å². The summed E-state index contributed by atoms with van der Waals surface area (Å²) < 4.78 is 0. The average Bonchev–Trinajstić information content (AvgIpc) is 2.91. The summed E-state index contributed by atoms with van der Waals surface area (Å²) in [5.41, 5.74) is -0.430. The molecular formula is C38H50O6. The van der Waals surface area contributed by atoms with Crippen LogP contribution in [-0.2, 0) is 9.59 Å². The predicted molar refractivity (Wildman–Crippen MR) is 176 cm³/mol. The second-order valence-electron chi connectivity index (χ2n) is 14.3. The number of fused-ring (bicyclic) bond motifs is 2. The zero-order valence-corrected chi connectivity index (χ0v) is 27.9. The molecule has 3 N–H and O–H groups in total. The molecule has 1 aromatic carbocycles. The van der Waals surface area contributed by atoms with E-state index < -0.39 is 50.6 Å². The fraction of sp³-hybridized carbons (Fsp3) is 0.500. The van der Waals surface area contributed by atoms with E-state index in [1.807, 2.05) is 68.4 Å². The van der Waals surface area contributed by atoms with Crippen molar-refractivity contribution in [2.45, 2.75) is 94.4 Å². The number of aliphatic hydroxyl groups excluding tert-OH is 1. The van der Waals surface area contributed by atoms with Crippen LogP contribution < -0.4 is 0 Å². The minimum absolute atomic E-state index is 0.0602. The number of Topliss-reactive ketones (excluding diaryl/α,β-unsaturated/α-hetero) is 3. The molecule has 6 heteroatoms. The van der Waals surface area contributed by atoms with Crippen LogP contribution >= 0.6 is 0 Å². The molecule has 1 aromatic rings. The smallest absolute Gasteiger partial charge is 0.200 e. The Labute approximate surface area is 263 Å². The van der Waals surface area contributed by atoms with Gasteiger partial charge in [-0.05, 0) is 116 Å². The molecule has 1 saturated carbocycles. The summed E-state index contributed by atoms with van der Waals surface area (Å²) in [4.78, 5) is 44.3. The molecule has 2 aliphatic rings. The molecule has 6 nitrogen and oxygen atoms in total. The van der Waals surface area contributed by atoms with Gasteiger partial charge in [-0.15, -0.1) is 0 Å². The lowest BCUT2D eigenvalue weighted by Crippen LogP contribution is -2.67. The molecule has 1 unspecified atom stereocenters. The van der Waals surface area contributed by atoms with Gasteiger partial charge in [-0.3, -0.25) is 14.4 Å². The van der Waals surface area contributed by atoms with Crippen molar-refractivity contribution in [3.63, 3.8) is 0 Å². The summed E-state index contributed by atoms with van der Waals surface area (Å²) in [6.07, 6.45) is 7.90. The van der Waals surface area contributed by atoms with Gasteiger partial charge in [0, 0.05) is 5.56 Å². The Morgan fingerprint density at radius 2 is 1.52 bits per heavy atom. The van der Waals surface area contributed by atoms with Gasteiger partial charge in [0.25, 0.3) is 0 Å². The zero-order valence-electron chi connectivity index (χ0n) is 27.9. The topological polar surface area (TPSA) is 112 Å². The summed E-state index contributed by atoms with van der Waals surface area (Å²) in [5, 5.41) is 32.3. The maximum Gasteiger partial charge on any atom is 0.200 e. The third-order valence-corrected chi connectivity index (χ3v) is 10.0. The highest BCUT2D eigenvalue weighted by atomic mass is 16.3. The van der Waals surface area contributed by atoms with E-state index in [0.717, 1.165) is 28.4 Å². The molecule has 2 aliphatic carbocycles. The Hall–Kier alpha value is -3.67. The van der Waals surface area contributed by atoms with Crippen LogP contribution in [-0.4, -0.2) is 32.7 Å². The van der Waals surface area contributed by atoms with Gasteiger partial charge in [0.2, 0.25) is 0 Å². The number of phenolic OH excluding ortho intramolecular Hbond substituents is 2. The van der Waals surface area contributed by atoms with Crippen LogP contribution in [0, 0.1) is 28.1 Å². The van der Waals surface area contributed by atoms with Gasteiger partial charge in [0.05, 0.1) is 5.41 Å². The first-order chi connectivity index (χ1) is 20.3. The summed E-state index contributed by atoms with van der Waals surface area (Å²) >= 11 is 0. The molecule has 0 saturated heterocycles. The van der Waals surface area contributed by atoms with E-state index in [1.54, 1.807) is 0 Å². The number of benzene rings is 1. The van der Waals surface area contributed by atoms with Gasteiger partial charge in [0.1, 0.15) is 16.7 Å². The summed E-state index contributed by atoms with van der Waals surface area (Å²) in [7, 11) is 0. The largest absolute Gasteiger partial charge is 0.510 e. The van der Waals surface area contributed by atoms with E-state index >= 15 is 4.79 Å². The van der Waals surface area contributed by atoms with Gasteiger partial charge in [0.15, 0.2) is 28.8 Å². The number of aliphatic hydroxyl groups is 1. The van der Waals surface area contributed by atoms with Crippen molar-refractivity contribution in [1.82, 2.24) is 0 Å². The van der Waals surface area contributed by atoms with E-state index in [0.29, 0.717) is 12.8 Å². The fourth-order valence-corrected chi connectivity index (χ4v) is 7.09. The SMILES string of the molecule is C=C(C)C(CC=C(C)C)C[C@@]12C[C@@H](CC=C(C)C)C(C)(C)[C@@](CC=C(C)C)(C(=O)C(C(=O)c3ccc(O)c(O)c3)=C1O)C2=O. The number of aromatic hydroxyl groups is 2. The van der Waals surface area contributed by atoms with Crippen molar-refractivity contribution in [1.29, 1.82) is 0 Å². The Bertz CT molecular complexity index is 1490. The second-order valence-corrected chi connectivity index (χ2v) is 14.3. The van der Waals surface area contributed by atoms with Gasteiger partial charge in [-0.2, -0.15) is 0 Å². The Kier molecular flexibility index (Phi) is 10.1. The number of allylic oxidation sites excluding steroid dienone is 9. The van der Waals surface area contributed by atoms with Crippen molar-refractivity contribution in [2.24, 2.45) is 28.1 Å². The maximum absolute atomic E-state index is 15.2. The van der Waals surface area contributed by atoms with E-state index in [4.69, 9.17) is 0 Å². The number of rotatable bonds is 11. The molecule has 3 rings (SSSR count). The molecule has 238 valence electrons. The first-order valence-corrected chi connectivity index (χ1v) is 15.5. The zero-order chi connectivity index (χ0) is 33.4. The molecule has 0 heterocycles. The minimum atomic E-state index is -1.62. The molecule has 2 bridgehead atoms. The van der Waals surface area contributed by atoms with Crippen LogP contribution in [0.3, 0.4) is 0 Å². The van der Waals surface area contributed by atoms with Crippen LogP contribution in [0.4, 0.5) is 0 Å². The number of hydrogen-bond acceptors (Lipinski definition) is 6. The highest BCUT2D eigenvalue weighted by molar-refractivity contribution is 6.35. The van der Waals surface area contributed by atoms with Crippen LogP contribution in [0.5, 0.6) is 11.5 Å². The molecular weight excluding hydrogens is 552 g/mol. The standard InChI is InChI=1S/C38H50O6/c1-22(2)11-13-27(25(7)8)20-37-21-28(15-12-23(3)4)36(9,10)38(35(37)44,18-17-24(5)6)34(43)31(33(37)42)32(41)26-14-16-29(39)30(40)19-26/h11-12,14,16-17,19,27-28,39-40,42H,7,13,15,18,20-21H2,1-6,8-10H3/t27?,28-,37-,38+/m1/s1. The number of hydrogen-bond donors (Lipinski definition) is 3. The van der Waals surface area contributed by atoms with Crippen LogP contribution in [0.15, 0.2) is 76.6 Å². The van der Waals surface area contributed by atoms with Crippen molar-refractivity contribution < 1.29 is 29.7 Å². The molecule has 0 spiro atoms. The molecule has 0 aromatic heterocycles. The predicted octanol–water partition coefficient (Wildman–Crippen LogP) is 8.91. The minimum Gasteiger partial charge on any atom is -0.510 e. The lowest BCUT2D eigenvalue weighted by atomic mass is 9.39. The van der Waals surface area contributed by atoms with Crippen LogP contribution in [0.2, 0.25) is 0 Å². The highest BCUT2D eigenvalue weighted by Gasteiger charge is 2.72. The van der Waals surface area contributed by atoms with E-state index in [-0.39, 0.29) is 42.4 Å². The van der Waals surface area contributed by atoms with Crippen molar-refractivity contribution in [2.75, 3.05) is 0 Å². The first-order valence-electron chi connectivity index (χ1n) is 15.5. The van der Waals surface area contributed by atoms with Gasteiger partial charge in [-0.1, -0.05) is 60.9 Å². The van der Waals surface area contributed by atoms with Gasteiger partial charge >= 0.3 is 0 Å². The number of carbonyl (C=O) groups excluding carboxylic acids is 3.